The summed E-state index contributed by atoms with van der Waals surface area (Å²) in [5.74, 6) is 0. The van der Waals surface area contributed by atoms with Crippen molar-refractivity contribution in [2.24, 2.45) is 0 Å². The number of para-hydroxylation sites is 1. The van der Waals surface area contributed by atoms with Crippen molar-refractivity contribution in [3.05, 3.63) is 247 Å². The van der Waals surface area contributed by atoms with Gasteiger partial charge in [0.1, 0.15) is 11.2 Å². The second-order valence-electron chi connectivity index (χ2n) is 14.9. The highest BCUT2D eigenvalue weighted by molar-refractivity contribution is 6.07. The molecule has 1 aliphatic rings. The topological polar surface area (TPSA) is 16.4 Å². The number of fused-ring (bicyclic) bond motifs is 6. The molecule has 57 heavy (non-hydrogen) atoms. The normalized spacial score (nSPS) is 12.7. The first-order valence-electron chi connectivity index (χ1n) is 19.6. The monoisotopic (exact) mass is 727 g/mol. The van der Waals surface area contributed by atoms with Gasteiger partial charge in [-0.3, -0.25) is 0 Å². The molecule has 1 aromatic heterocycles. The first-order chi connectivity index (χ1) is 28.3. The number of furan rings is 1. The minimum Gasteiger partial charge on any atom is -0.456 e. The maximum absolute atomic E-state index is 6.55. The van der Waals surface area contributed by atoms with Gasteiger partial charge in [0.05, 0.1) is 5.41 Å². The van der Waals surface area contributed by atoms with E-state index in [0.29, 0.717) is 0 Å². The second kappa shape index (κ2) is 13.4. The largest absolute Gasteiger partial charge is 0.456 e. The first-order valence-corrected chi connectivity index (χ1v) is 19.6. The van der Waals surface area contributed by atoms with Gasteiger partial charge in [-0.1, -0.05) is 170 Å². The fourth-order valence-corrected chi connectivity index (χ4v) is 9.17. The third kappa shape index (κ3) is 5.33. The quantitative estimate of drug-likeness (QED) is 0.163. The summed E-state index contributed by atoms with van der Waals surface area (Å²) in [5.41, 5.74) is 17.0. The molecule has 1 aliphatic carbocycles. The summed E-state index contributed by atoms with van der Waals surface area (Å²) in [6.45, 7) is 0. The molecule has 0 unspecified atom stereocenters. The van der Waals surface area contributed by atoms with Gasteiger partial charge in [-0.2, -0.15) is 0 Å². The van der Waals surface area contributed by atoms with Gasteiger partial charge in [0.25, 0.3) is 0 Å². The van der Waals surface area contributed by atoms with Gasteiger partial charge in [0.2, 0.25) is 0 Å². The highest BCUT2D eigenvalue weighted by atomic mass is 16.3. The highest BCUT2D eigenvalue weighted by Crippen LogP contribution is 2.56. The zero-order chi connectivity index (χ0) is 37.8. The molecule has 0 radical (unpaired) electrons. The van der Waals surface area contributed by atoms with Crippen LogP contribution in [-0.4, -0.2) is 0 Å². The van der Waals surface area contributed by atoms with Gasteiger partial charge < -0.3 is 9.32 Å². The van der Waals surface area contributed by atoms with Crippen LogP contribution in [-0.2, 0) is 5.41 Å². The molecular weight excluding hydrogens is 691 g/mol. The van der Waals surface area contributed by atoms with Crippen LogP contribution in [0.1, 0.15) is 22.3 Å². The molecule has 2 nitrogen and oxygen atoms in total. The molecule has 0 saturated heterocycles. The molecule has 0 atom stereocenters. The Kier molecular flexibility index (Phi) is 7.75. The van der Waals surface area contributed by atoms with E-state index >= 15 is 0 Å². The molecule has 11 rings (SSSR count). The molecule has 0 N–H and O–H groups in total. The van der Waals surface area contributed by atoms with Crippen molar-refractivity contribution in [2.75, 3.05) is 4.90 Å². The summed E-state index contributed by atoms with van der Waals surface area (Å²) in [7, 11) is 0. The lowest BCUT2D eigenvalue weighted by Crippen LogP contribution is -2.28. The standard InChI is InChI=1S/C55H37NO/c1-4-14-38(15-5-1)41-28-34-49-50-35-33-46(37-54(50)57-53(49)36-41)56(44-18-8-3-9-19-44)45-31-26-40(27-32-45)39-24-29-43(30-25-39)55(42-16-6-2-7-17-42)51-22-12-10-20-47(51)48-21-11-13-23-52(48)55/h1-37H. The maximum atomic E-state index is 6.55. The molecule has 0 saturated carbocycles. The summed E-state index contributed by atoms with van der Waals surface area (Å²) in [6, 6.07) is 81.0. The van der Waals surface area contributed by atoms with Crippen LogP contribution in [0.2, 0.25) is 0 Å². The predicted octanol–water partition coefficient (Wildman–Crippen LogP) is 14.8. The Balaban J connectivity index is 0.960. The SMILES string of the molecule is c1ccc(-c2ccc3c(c2)oc2cc(N(c4ccccc4)c4ccc(-c5ccc(C6(c7ccccc7)c7ccccc7-c7ccccc76)cc5)cc4)ccc23)cc1. The van der Waals surface area contributed by atoms with Crippen molar-refractivity contribution in [1.82, 2.24) is 0 Å². The summed E-state index contributed by atoms with van der Waals surface area (Å²) in [6.07, 6.45) is 0. The van der Waals surface area contributed by atoms with E-state index in [1.54, 1.807) is 0 Å². The van der Waals surface area contributed by atoms with Crippen LogP contribution in [0.4, 0.5) is 17.1 Å². The molecule has 9 aromatic carbocycles. The minimum absolute atomic E-state index is 0.405. The lowest BCUT2D eigenvalue weighted by atomic mass is 9.67. The third-order valence-corrected chi connectivity index (χ3v) is 11.8. The van der Waals surface area contributed by atoms with E-state index in [9.17, 15) is 0 Å². The molecule has 0 amide bonds. The summed E-state index contributed by atoms with van der Waals surface area (Å²) < 4.78 is 6.55. The maximum Gasteiger partial charge on any atom is 0.137 e. The Bertz CT molecular complexity index is 2990. The molecule has 2 heteroatoms. The minimum atomic E-state index is -0.405. The Morgan fingerprint density at radius 2 is 0.754 bits per heavy atom. The molecular formula is C55H37NO. The van der Waals surface area contributed by atoms with Gasteiger partial charge in [-0.15, -0.1) is 0 Å². The van der Waals surface area contributed by atoms with Crippen LogP contribution < -0.4 is 4.90 Å². The molecule has 10 aromatic rings. The average molecular weight is 728 g/mol. The lowest BCUT2D eigenvalue weighted by Gasteiger charge is -2.34. The van der Waals surface area contributed by atoms with E-state index in [1.807, 2.05) is 6.07 Å². The number of anilines is 3. The molecule has 0 spiro atoms. The smallest absolute Gasteiger partial charge is 0.137 e. The molecule has 0 aliphatic heterocycles. The second-order valence-corrected chi connectivity index (χ2v) is 14.9. The van der Waals surface area contributed by atoms with Gasteiger partial charge in [-0.25, -0.2) is 0 Å². The van der Waals surface area contributed by atoms with Crippen molar-refractivity contribution in [3.8, 4) is 33.4 Å². The number of rotatable bonds is 7. The van der Waals surface area contributed by atoms with E-state index in [1.165, 1.54) is 50.1 Å². The molecule has 1 heterocycles. The summed E-state index contributed by atoms with van der Waals surface area (Å²) >= 11 is 0. The van der Waals surface area contributed by atoms with Crippen LogP contribution in [0, 0.1) is 0 Å². The zero-order valence-corrected chi connectivity index (χ0v) is 31.2. The lowest BCUT2D eigenvalue weighted by molar-refractivity contribution is 0.669. The molecule has 0 fully saturated rings. The van der Waals surface area contributed by atoms with Crippen LogP contribution in [0.3, 0.4) is 0 Å². The predicted molar refractivity (Wildman–Crippen MR) is 237 cm³/mol. The van der Waals surface area contributed by atoms with Gasteiger partial charge in [-0.05, 0) is 104 Å². The fourth-order valence-electron chi connectivity index (χ4n) is 9.17. The summed E-state index contributed by atoms with van der Waals surface area (Å²) in [4.78, 5) is 2.30. The third-order valence-electron chi connectivity index (χ3n) is 11.8. The van der Waals surface area contributed by atoms with Crippen molar-refractivity contribution in [1.29, 1.82) is 0 Å². The summed E-state index contributed by atoms with van der Waals surface area (Å²) in [5, 5.41) is 2.23. The van der Waals surface area contributed by atoms with Gasteiger partial charge >= 0.3 is 0 Å². The Morgan fingerprint density at radius 1 is 0.316 bits per heavy atom. The van der Waals surface area contributed by atoms with E-state index in [2.05, 4.69) is 223 Å². The van der Waals surface area contributed by atoms with Crippen LogP contribution >= 0.6 is 0 Å². The van der Waals surface area contributed by atoms with E-state index in [4.69, 9.17) is 4.42 Å². The number of benzene rings is 9. The average Bonchev–Trinajstić information content (AvgIpc) is 3.81. The first kappa shape index (κ1) is 33.0. The van der Waals surface area contributed by atoms with E-state index < -0.39 is 5.41 Å². The molecule has 0 bridgehead atoms. The van der Waals surface area contributed by atoms with E-state index in [-0.39, 0.29) is 0 Å². The molecule has 268 valence electrons. The van der Waals surface area contributed by atoms with Crippen molar-refractivity contribution >= 4 is 39.0 Å². The zero-order valence-electron chi connectivity index (χ0n) is 31.2. The van der Waals surface area contributed by atoms with E-state index in [0.717, 1.165) is 44.6 Å². The van der Waals surface area contributed by atoms with Gasteiger partial charge in [0, 0.05) is 33.9 Å². The van der Waals surface area contributed by atoms with Gasteiger partial charge in [0.15, 0.2) is 0 Å². The van der Waals surface area contributed by atoms with Crippen molar-refractivity contribution < 1.29 is 4.42 Å². The Hall–Kier alpha value is -7.42. The van der Waals surface area contributed by atoms with Crippen molar-refractivity contribution in [2.45, 2.75) is 5.41 Å². The number of hydrogen-bond acceptors (Lipinski definition) is 2. The van der Waals surface area contributed by atoms with Crippen LogP contribution in [0.25, 0.3) is 55.3 Å². The number of hydrogen-bond donors (Lipinski definition) is 0. The van der Waals surface area contributed by atoms with Crippen LogP contribution in [0.15, 0.2) is 229 Å². The van der Waals surface area contributed by atoms with Crippen molar-refractivity contribution in [3.63, 3.8) is 0 Å². The Labute approximate surface area is 332 Å². The highest BCUT2D eigenvalue weighted by Gasteiger charge is 2.45. The Morgan fingerprint density at radius 3 is 1.40 bits per heavy atom. The van der Waals surface area contributed by atoms with Crippen LogP contribution in [0.5, 0.6) is 0 Å². The number of nitrogens with zero attached hydrogens (tertiary/aromatic N) is 1. The fraction of sp³-hybridized carbons (Fsp3) is 0.0182.